The molecule has 10 heavy (non-hydrogen) atoms. The minimum Gasteiger partial charge on any atom is -0.294 e. The van der Waals surface area contributed by atoms with Crippen LogP contribution in [0.3, 0.4) is 0 Å². The molecule has 0 aliphatic carbocycles. The quantitative estimate of drug-likeness (QED) is 0.488. The number of alkyl halides is 1. The molecule has 0 aromatic heterocycles. The number of imide groups is 1. The van der Waals surface area contributed by atoms with E-state index in [9.17, 15) is 14.0 Å². The van der Waals surface area contributed by atoms with Crippen molar-refractivity contribution < 1.29 is 14.0 Å². The summed E-state index contributed by atoms with van der Waals surface area (Å²) in [5, 5.41) is 1.93. The minimum absolute atomic E-state index is 0.0185. The van der Waals surface area contributed by atoms with Crippen LogP contribution in [-0.2, 0) is 9.59 Å². The van der Waals surface area contributed by atoms with Gasteiger partial charge in [0.05, 0.1) is 0 Å². The Morgan fingerprint density at radius 3 is 2.60 bits per heavy atom. The van der Waals surface area contributed by atoms with Crippen LogP contribution in [0.4, 0.5) is 4.39 Å². The van der Waals surface area contributed by atoms with Gasteiger partial charge in [-0.25, -0.2) is 4.39 Å². The molecule has 0 aromatic rings. The lowest BCUT2D eigenvalue weighted by molar-refractivity contribution is -0.140. The SMILES string of the molecule is CC1CC(F)C(=O)NC1=O. The lowest BCUT2D eigenvalue weighted by Crippen LogP contribution is -2.46. The summed E-state index contributed by atoms with van der Waals surface area (Å²) in [4.78, 5) is 21.1. The summed E-state index contributed by atoms with van der Waals surface area (Å²) in [5.41, 5.74) is 0. The number of nitrogens with one attached hydrogen (secondary N) is 1. The van der Waals surface area contributed by atoms with Crippen LogP contribution in [-0.4, -0.2) is 18.0 Å². The van der Waals surface area contributed by atoms with Crippen molar-refractivity contribution >= 4 is 11.8 Å². The first-order valence-electron chi connectivity index (χ1n) is 3.10. The molecule has 4 heteroatoms. The molecular weight excluding hydrogens is 137 g/mol. The smallest absolute Gasteiger partial charge is 0.261 e. The second-order valence-electron chi connectivity index (χ2n) is 2.46. The van der Waals surface area contributed by atoms with Crippen molar-refractivity contribution in [1.29, 1.82) is 0 Å². The number of carbonyl (C=O) groups is 2. The summed E-state index contributed by atoms with van der Waals surface area (Å²) in [7, 11) is 0. The Balaban J connectivity index is 2.63. The molecule has 0 radical (unpaired) electrons. The van der Waals surface area contributed by atoms with Crippen molar-refractivity contribution in [3.63, 3.8) is 0 Å². The largest absolute Gasteiger partial charge is 0.294 e. The number of piperidine rings is 1. The number of hydrogen-bond donors (Lipinski definition) is 1. The fourth-order valence-corrected chi connectivity index (χ4v) is 0.847. The van der Waals surface area contributed by atoms with Crippen molar-refractivity contribution in [3.8, 4) is 0 Å². The monoisotopic (exact) mass is 145 g/mol. The van der Waals surface area contributed by atoms with Gasteiger partial charge in [0.1, 0.15) is 0 Å². The molecule has 1 aliphatic heterocycles. The van der Waals surface area contributed by atoms with E-state index < -0.39 is 12.1 Å². The molecule has 0 saturated carbocycles. The molecular formula is C6H8FNO2. The van der Waals surface area contributed by atoms with E-state index in [0.29, 0.717) is 0 Å². The van der Waals surface area contributed by atoms with Crippen molar-refractivity contribution in [2.75, 3.05) is 0 Å². The second-order valence-corrected chi connectivity index (χ2v) is 2.46. The highest BCUT2D eigenvalue weighted by atomic mass is 19.1. The van der Waals surface area contributed by atoms with Gasteiger partial charge in [0.25, 0.3) is 5.91 Å². The fourth-order valence-electron chi connectivity index (χ4n) is 0.847. The van der Waals surface area contributed by atoms with Crippen LogP contribution in [0.25, 0.3) is 0 Å². The third kappa shape index (κ3) is 1.15. The van der Waals surface area contributed by atoms with Crippen LogP contribution in [0.1, 0.15) is 13.3 Å². The number of amides is 2. The standard InChI is InChI=1S/C6H8FNO2/c1-3-2-4(7)6(10)8-5(3)9/h3-4H,2H2,1H3,(H,8,9,10). The van der Waals surface area contributed by atoms with Gasteiger partial charge in [-0.05, 0) is 6.42 Å². The van der Waals surface area contributed by atoms with E-state index in [1.54, 1.807) is 6.92 Å². The molecule has 1 heterocycles. The van der Waals surface area contributed by atoms with Gasteiger partial charge in [-0.1, -0.05) is 6.92 Å². The Hall–Kier alpha value is -0.930. The summed E-state index contributed by atoms with van der Waals surface area (Å²) in [6, 6.07) is 0. The Morgan fingerprint density at radius 2 is 2.10 bits per heavy atom. The first-order chi connectivity index (χ1) is 4.61. The topological polar surface area (TPSA) is 46.2 Å². The van der Waals surface area contributed by atoms with E-state index in [1.807, 2.05) is 5.32 Å². The summed E-state index contributed by atoms with van der Waals surface area (Å²) >= 11 is 0. The third-order valence-corrected chi connectivity index (χ3v) is 1.54. The van der Waals surface area contributed by atoms with E-state index in [1.165, 1.54) is 0 Å². The molecule has 0 bridgehead atoms. The van der Waals surface area contributed by atoms with Crippen LogP contribution < -0.4 is 5.32 Å². The van der Waals surface area contributed by atoms with Gasteiger partial charge < -0.3 is 0 Å². The first kappa shape index (κ1) is 7.18. The van der Waals surface area contributed by atoms with E-state index in [0.717, 1.165) is 0 Å². The molecule has 1 rings (SSSR count). The van der Waals surface area contributed by atoms with Crippen LogP contribution in [0.15, 0.2) is 0 Å². The average Bonchev–Trinajstić information content (AvgIpc) is 1.84. The van der Waals surface area contributed by atoms with Crippen molar-refractivity contribution in [2.45, 2.75) is 19.5 Å². The third-order valence-electron chi connectivity index (χ3n) is 1.54. The van der Waals surface area contributed by atoms with Crippen LogP contribution in [0, 0.1) is 5.92 Å². The van der Waals surface area contributed by atoms with Crippen molar-refractivity contribution in [2.24, 2.45) is 5.92 Å². The minimum atomic E-state index is -1.51. The number of rotatable bonds is 0. The van der Waals surface area contributed by atoms with Crippen LogP contribution in [0.5, 0.6) is 0 Å². The van der Waals surface area contributed by atoms with Crippen LogP contribution >= 0.6 is 0 Å². The van der Waals surface area contributed by atoms with Gasteiger partial charge in [-0.3, -0.25) is 14.9 Å². The molecule has 1 aliphatic rings. The first-order valence-corrected chi connectivity index (χ1v) is 3.10. The molecule has 1 saturated heterocycles. The maximum atomic E-state index is 12.4. The molecule has 0 spiro atoms. The summed E-state index contributed by atoms with van der Waals surface area (Å²) in [5.74, 6) is -1.56. The van der Waals surface area contributed by atoms with Gasteiger partial charge in [-0.15, -0.1) is 0 Å². The van der Waals surface area contributed by atoms with Gasteiger partial charge in [0.2, 0.25) is 5.91 Å². The van der Waals surface area contributed by atoms with E-state index in [4.69, 9.17) is 0 Å². The molecule has 0 aromatic carbocycles. The van der Waals surface area contributed by atoms with Crippen molar-refractivity contribution in [1.82, 2.24) is 5.32 Å². The zero-order valence-electron chi connectivity index (χ0n) is 5.56. The molecule has 1 fully saturated rings. The van der Waals surface area contributed by atoms with E-state index in [2.05, 4.69) is 0 Å². The maximum absolute atomic E-state index is 12.4. The summed E-state index contributed by atoms with van der Waals surface area (Å²) in [6.07, 6.45) is -1.49. The predicted molar refractivity (Wildman–Crippen MR) is 31.8 cm³/mol. The lowest BCUT2D eigenvalue weighted by Gasteiger charge is -2.19. The molecule has 3 nitrogen and oxygen atoms in total. The van der Waals surface area contributed by atoms with Crippen LogP contribution in [0.2, 0.25) is 0 Å². The summed E-state index contributed by atoms with van der Waals surface area (Å²) < 4.78 is 12.4. The van der Waals surface area contributed by atoms with Crippen molar-refractivity contribution in [3.05, 3.63) is 0 Å². The summed E-state index contributed by atoms with van der Waals surface area (Å²) in [6.45, 7) is 1.59. The lowest BCUT2D eigenvalue weighted by atomic mass is 9.99. The highest BCUT2D eigenvalue weighted by Crippen LogP contribution is 2.13. The number of carbonyl (C=O) groups excluding carboxylic acids is 2. The molecule has 56 valence electrons. The van der Waals surface area contributed by atoms with Gasteiger partial charge >= 0.3 is 0 Å². The van der Waals surface area contributed by atoms with Gasteiger partial charge in [0.15, 0.2) is 6.17 Å². The average molecular weight is 145 g/mol. The number of halogens is 1. The zero-order valence-corrected chi connectivity index (χ0v) is 5.56. The molecule has 2 amide bonds. The Kier molecular flexibility index (Phi) is 1.70. The van der Waals surface area contributed by atoms with Gasteiger partial charge in [0, 0.05) is 5.92 Å². The Morgan fingerprint density at radius 1 is 1.50 bits per heavy atom. The van der Waals surface area contributed by atoms with E-state index in [-0.39, 0.29) is 18.2 Å². The number of hydrogen-bond acceptors (Lipinski definition) is 2. The second kappa shape index (κ2) is 2.36. The highest BCUT2D eigenvalue weighted by molar-refractivity contribution is 6.00. The van der Waals surface area contributed by atoms with Gasteiger partial charge in [-0.2, -0.15) is 0 Å². The zero-order chi connectivity index (χ0) is 7.72. The van der Waals surface area contributed by atoms with E-state index >= 15 is 0 Å². The Bertz CT molecular complexity index is 163. The molecule has 1 N–H and O–H groups in total. The maximum Gasteiger partial charge on any atom is 0.261 e. The highest BCUT2D eigenvalue weighted by Gasteiger charge is 2.31. The predicted octanol–water partition coefficient (Wildman–Crippen LogP) is 0.00710. The molecule has 2 unspecified atom stereocenters. The molecule has 2 atom stereocenters. The normalized spacial score (nSPS) is 33.8. The fraction of sp³-hybridized carbons (Fsp3) is 0.667. The Labute approximate surface area is 57.6 Å².